The highest BCUT2D eigenvalue weighted by Crippen LogP contribution is 2.28. The van der Waals surface area contributed by atoms with Crippen molar-refractivity contribution in [1.82, 2.24) is 5.32 Å². The summed E-state index contributed by atoms with van der Waals surface area (Å²) in [5.41, 5.74) is 2.18. The molecule has 0 heterocycles. The van der Waals surface area contributed by atoms with Crippen molar-refractivity contribution < 1.29 is 4.39 Å². The first-order valence-corrected chi connectivity index (χ1v) is 7.14. The molecule has 1 unspecified atom stereocenters. The van der Waals surface area contributed by atoms with Crippen LogP contribution >= 0.6 is 23.2 Å². The Morgan fingerprint density at radius 3 is 2.65 bits per heavy atom. The van der Waals surface area contributed by atoms with Crippen molar-refractivity contribution >= 4 is 23.2 Å². The molecule has 106 valence electrons. The molecule has 0 aromatic heterocycles. The van der Waals surface area contributed by atoms with Gasteiger partial charge in [-0.2, -0.15) is 0 Å². The summed E-state index contributed by atoms with van der Waals surface area (Å²) in [4.78, 5) is 0. The number of benzene rings is 2. The molecule has 0 aliphatic rings. The van der Waals surface area contributed by atoms with Crippen molar-refractivity contribution in [2.24, 2.45) is 0 Å². The van der Waals surface area contributed by atoms with E-state index >= 15 is 0 Å². The molecule has 2 rings (SSSR count). The topological polar surface area (TPSA) is 12.0 Å². The van der Waals surface area contributed by atoms with Gasteiger partial charge in [-0.15, -0.1) is 0 Å². The summed E-state index contributed by atoms with van der Waals surface area (Å²) in [6.07, 6.45) is 0.580. The van der Waals surface area contributed by atoms with E-state index in [1.807, 2.05) is 19.2 Å². The fourth-order valence-electron chi connectivity index (χ4n) is 2.23. The molecule has 1 nitrogen and oxygen atoms in total. The molecule has 20 heavy (non-hydrogen) atoms. The standard InChI is InChI=1S/C16H16Cl2FN/c1-10-4-3-5-13(16(10)19)15(20-2)9-11-8-12(17)6-7-14(11)18/h3-8,15,20H,9H2,1-2H3. The van der Waals surface area contributed by atoms with Gasteiger partial charge in [0.05, 0.1) is 0 Å². The second-order valence-corrected chi connectivity index (χ2v) is 5.60. The summed E-state index contributed by atoms with van der Waals surface area (Å²) in [6.45, 7) is 1.76. The SMILES string of the molecule is CNC(Cc1cc(Cl)ccc1Cl)c1cccc(C)c1F. The largest absolute Gasteiger partial charge is 0.313 e. The third-order valence-corrected chi connectivity index (χ3v) is 3.98. The van der Waals surface area contributed by atoms with Crippen LogP contribution in [-0.4, -0.2) is 7.05 Å². The zero-order valence-electron chi connectivity index (χ0n) is 11.4. The maximum Gasteiger partial charge on any atom is 0.130 e. The van der Waals surface area contributed by atoms with Gasteiger partial charge >= 0.3 is 0 Å². The quantitative estimate of drug-likeness (QED) is 0.843. The van der Waals surface area contributed by atoms with E-state index in [1.165, 1.54) is 0 Å². The predicted octanol–water partition coefficient (Wildman–Crippen LogP) is 4.94. The molecule has 0 spiro atoms. The van der Waals surface area contributed by atoms with Gasteiger partial charge < -0.3 is 5.32 Å². The van der Waals surface area contributed by atoms with Crippen LogP contribution in [0.5, 0.6) is 0 Å². The first-order valence-electron chi connectivity index (χ1n) is 6.39. The Hall–Kier alpha value is -1.09. The molecule has 1 atom stereocenters. The van der Waals surface area contributed by atoms with Gasteiger partial charge in [-0.05, 0) is 49.7 Å². The molecule has 0 fully saturated rings. The van der Waals surface area contributed by atoms with Gasteiger partial charge in [0.2, 0.25) is 0 Å². The lowest BCUT2D eigenvalue weighted by atomic mass is 9.97. The van der Waals surface area contributed by atoms with Crippen LogP contribution in [0.4, 0.5) is 4.39 Å². The minimum absolute atomic E-state index is 0.147. The average Bonchev–Trinajstić information content (AvgIpc) is 2.43. The molecular weight excluding hydrogens is 296 g/mol. The third-order valence-electron chi connectivity index (χ3n) is 3.38. The van der Waals surface area contributed by atoms with E-state index in [9.17, 15) is 4.39 Å². The summed E-state index contributed by atoms with van der Waals surface area (Å²) < 4.78 is 14.2. The summed E-state index contributed by atoms with van der Waals surface area (Å²) >= 11 is 12.2. The lowest BCUT2D eigenvalue weighted by Crippen LogP contribution is -2.20. The van der Waals surface area contributed by atoms with Crippen LogP contribution in [0.3, 0.4) is 0 Å². The first-order chi connectivity index (χ1) is 9.52. The first kappa shape index (κ1) is 15.3. The molecule has 0 bridgehead atoms. The highest BCUT2D eigenvalue weighted by molar-refractivity contribution is 6.33. The fourth-order valence-corrected chi connectivity index (χ4v) is 2.62. The lowest BCUT2D eigenvalue weighted by molar-refractivity contribution is 0.530. The van der Waals surface area contributed by atoms with Crippen molar-refractivity contribution in [2.75, 3.05) is 7.05 Å². The monoisotopic (exact) mass is 311 g/mol. The summed E-state index contributed by atoms with van der Waals surface area (Å²) in [5.74, 6) is -0.176. The van der Waals surface area contributed by atoms with Gasteiger partial charge in [-0.3, -0.25) is 0 Å². The van der Waals surface area contributed by atoms with Crippen LogP contribution in [0.15, 0.2) is 36.4 Å². The van der Waals surface area contributed by atoms with Crippen LogP contribution in [0, 0.1) is 12.7 Å². The van der Waals surface area contributed by atoms with E-state index < -0.39 is 0 Å². The van der Waals surface area contributed by atoms with E-state index in [0.29, 0.717) is 27.6 Å². The van der Waals surface area contributed by atoms with Crippen LogP contribution in [-0.2, 0) is 6.42 Å². The van der Waals surface area contributed by atoms with Gasteiger partial charge in [0, 0.05) is 21.7 Å². The highest BCUT2D eigenvalue weighted by Gasteiger charge is 2.17. The Balaban J connectivity index is 2.34. The molecule has 0 amide bonds. The highest BCUT2D eigenvalue weighted by atomic mass is 35.5. The van der Waals surface area contributed by atoms with E-state index in [4.69, 9.17) is 23.2 Å². The lowest BCUT2D eigenvalue weighted by Gasteiger charge is -2.19. The Morgan fingerprint density at radius 1 is 1.20 bits per heavy atom. The molecule has 0 saturated carbocycles. The van der Waals surface area contributed by atoms with Gasteiger partial charge in [0.1, 0.15) is 5.82 Å². The molecule has 0 radical (unpaired) electrons. The predicted molar refractivity (Wildman–Crippen MR) is 83.1 cm³/mol. The maximum absolute atomic E-state index is 14.2. The number of likely N-dealkylation sites (N-methyl/N-ethyl adjacent to an activating group) is 1. The molecule has 0 aliphatic carbocycles. The smallest absolute Gasteiger partial charge is 0.130 e. The molecule has 2 aromatic carbocycles. The van der Waals surface area contributed by atoms with Gasteiger partial charge in [-0.25, -0.2) is 4.39 Å². The van der Waals surface area contributed by atoms with E-state index in [1.54, 1.807) is 31.2 Å². The fraction of sp³-hybridized carbons (Fsp3) is 0.250. The summed E-state index contributed by atoms with van der Waals surface area (Å²) in [6, 6.07) is 10.6. The van der Waals surface area contributed by atoms with E-state index in [2.05, 4.69) is 5.32 Å². The van der Waals surface area contributed by atoms with Crippen molar-refractivity contribution in [2.45, 2.75) is 19.4 Å². The number of rotatable bonds is 4. The zero-order chi connectivity index (χ0) is 14.7. The van der Waals surface area contributed by atoms with E-state index in [-0.39, 0.29) is 11.9 Å². The summed E-state index contributed by atoms with van der Waals surface area (Å²) in [7, 11) is 1.81. The molecule has 2 aromatic rings. The Bertz CT molecular complexity index is 613. The Morgan fingerprint density at radius 2 is 1.95 bits per heavy atom. The van der Waals surface area contributed by atoms with Gasteiger partial charge in [0.15, 0.2) is 0 Å². The maximum atomic E-state index is 14.2. The minimum atomic E-state index is -0.176. The zero-order valence-corrected chi connectivity index (χ0v) is 12.9. The molecule has 0 saturated heterocycles. The number of hydrogen-bond donors (Lipinski definition) is 1. The van der Waals surface area contributed by atoms with Crippen LogP contribution in [0.25, 0.3) is 0 Å². The van der Waals surface area contributed by atoms with E-state index in [0.717, 1.165) is 5.56 Å². The molecule has 1 N–H and O–H groups in total. The summed E-state index contributed by atoms with van der Waals surface area (Å²) in [5, 5.41) is 4.41. The van der Waals surface area contributed by atoms with Crippen molar-refractivity contribution in [3.63, 3.8) is 0 Å². The van der Waals surface area contributed by atoms with Crippen molar-refractivity contribution in [3.05, 3.63) is 69.0 Å². The van der Waals surface area contributed by atoms with Gasteiger partial charge in [-0.1, -0.05) is 41.4 Å². The number of halogens is 3. The molecular formula is C16H16Cl2FN. The Kier molecular flexibility index (Phi) is 5.03. The average molecular weight is 312 g/mol. The molecule has 4 heteroatoms. The number of hydrogen-bond acceptors (Lipinski definition) is 1. The second-order valence-electron chi connectivity index (χ2n) is 4.76. The van der Waals surface area contributed by atoms with Crippen LogP contribution in [0.2, 0.25) is 10.0 Å². The van der Waals surface area contributed by atoms with Crippen molar-refractivity contribution in [1.29, 1.82) is 0 Å². The Labute approximate surface area is 128 Å². The minimum Gasteiger partial charge on any atom is -0.313 e. The normalized spacial score (nSPS) is 12.4. The third kappa shape index (κ3) is 3.32. The number of nitrogens with one attached hydrogen (secondary N) is 1. The van der Waals surface area contributed by atoms with Crippen LogP contribution in [0.1, 0.15) is 22.7 Å². The van der Waals surface area contributed by atoms with Gasteiger partial charge in [0.25, 0.3) is 0 Å². The second kappa shape index (κ2) is 6.57. The molecule has 0 aliphatic heterocycles. The number of aryl methyl sites for hydroxylation is 1. The van der Waals surface area contributed by atoms with Crippen LogP contribution < -0.4 is 5.32 Å². The van der Waals surface area contributed by atoms with Crippen molar-refractivity contribution in [3.8, 4) is 0 Å².